The number of rotatable bonds is 13. The van der Waals surface area contributed by atoms with E-state index >= 15 is 0 Å². The van der Waals surface area contributed by atoms with Crippen LogP contribution in [0.25, 0.3) is 0 Å². The van der Waals surface area contributed by atoms with Crippen molar-refractivity contribution >= 4 is 5.97 Å². The molecule has 0 radical (unpaired) electrons. The molecule has 0 bridgehead atoms. The van der Waals surface area contributed by atoms with Crippen molar-refractivity contribution in [1.82, 2.24) is 0 Å². The Hall–Kier alpha value is -1.87. The smallest absolute Gasteiger partial charge is 0.305 e. The minimum atomic E-state index is -0.336. The molecule has 0 unspecified atom stereocenters. The van der Waals surface area contributed by atoms with Crippen LogP contribution in [-0.4, -0.2) is 24.3 Å². The average molecular weight is 332 g/mol. The summed E-state index contributed by atoms with van der Waals surface area (Å²) >= 11 is 0. The maximum absolute atomic E-state index is 10.9. The van der Waals surface area contributed by atoms with Gasteiger partial charge in [-0.05, 0) is 38.5 Å². The Bertz CT molecular complexity index is 442. The Morgan fingerprint density at radius 3 is 2.12 bits per heavy atom. The molecule has 3 heteroatoms. The van der Waals surface area contributed by atoms with Crippen molar-refractivity contribution in [3.63, 3.8) is 0 Å². The summed E-state index contributed by atoms with van der Waals surface area (Å²) in [5.41, 5.74) is 0. The van der Waals surface area contributed by atoms with Crippen LogP contribution in [0.1, 0.15) is 51.9 Å². The lowest BCUT2D eigenvalue weighted by Crippen LogP contribution is -1.98. The van der Waals surface area contributed by atoms with Gasteiger partial charge in [0.15, 0.2) is 0 Å². The standard InChI is InChI=1S/C21H32O3/c1-3-20(22)18-16-14-12-10-8-6-4-5-7-9-11-13-15-17-19-21(23)24-2/h5-8,11-14,16,18,20,22H,3-4,9-10,15,17,19H2,1-2H3/b7-5-,8-6-,13-11-,14-12-,18-16+/t20-/m1/s1. The summed E-state index contributed by atoms with van der Waals surface area (Å²) in [6, 6.07) is 0. The van der Waals surface area contributed by atoms with Gasteiger partial charge in [0.05, 0.1) is 13.2 Å². The zero-order chi connectivity index (χ0) is 17.9. The third-order valence-electron chi connectivity index (χ3n) is 3.29. The van der Waals surface area contributed by atoms with Crippen molar-refractivity contribution in [2.75, 3.05) is 7.11 Å². The first-order chi connectivity index (χ1) is 11.7. The minimum Gasteiger partial charge on any atom is -0.469 e. The van der Waals surface area contributed by atoms with Gasteiger partial charge in [-0.1, -0.05) is 67.7 Å². The van der Waals surface area contributed by atoms with Gasteiger partial charge in [0, 0.05) is 6.42 Å². The van der Waals surface area contributed by atoms with Crippen LogP contribution in [0.2, 0.25) is 0 Å². The molecule has 0 fully saturated rings. The lowest BCUT2D eigenvalue weighted by molar-refractivity contribution is -0.140. The molecule has 0 rings (SSSR count). The fourth-order valence-electron chi connectivity index (χ4n) is 1.79. The van der Waals surface area contributed by atoms with E-state index < -0.39 is 0 Å². The molecule has 0 aliphatic rings. The molecule has 1 N–H and O–H groups in total. The molecular formula is C21H32O3. The normalized spacial score (nSPS) is 14.0. The first-order valence-electron chi connectivity index (χ1n) is 8.73. The molecule has 0 amide bonds. The second-order valence-electron chi connectivity index (χ2n) is 5.38. The molecule has 0 aromatic carbocycles. The van der Waals surface area contributed by atoms with Crippen LogP contribution in [0.4, 0.5) is 0 Å². The van der Waals surface area contributed by atoms with Crippen molar-refractivity contribution in [1.29, 1.82) is 0 Å². The highest BCUT2D eigenvalue weighted by atomic mass is 16.5. The van der Waals surface area contributed by atoms with Crippen LogP contribution in [0.3, 0.4) is 0 Å². The Morgan fingerprint density at radius 1 is 0.958 bits per heavy atom. The van der Waals surface area contributed by atoms with Crippen LogP contribution in [0.15, 0.2) is 60.8 Å². The van der Waals surface area contributed by atoms with Crippen molar-refractivity contribution in [3.8, 4) is 0 Å². The first-order valence-corrected chi connectivity index (χ1v) is 8.73. The molecule has 24 heavy (non-hydrogen) atoms. The van der Waals surface area contributed by atoms with Crippen molar-refractivity contribution in [2.45, 2.75) is 58.0 Å². The van der Waals surface area contributed by atoms with E-state index in [2.05, 4.69) is 47.3 Å². The summed E-state index contributed by atoms with van der Waals surface area (Å²) in [7, 11) is 1.42. The Kier molecular flexibility index (Phi) is 16.1. The van der Waals surface area contributed by atoms with Gasteiger partial charge in [-0.2, -0.15) is 0 Å². The van der Waals surface area contributed by atoms with E-state index in [0.29, 0.717) is 6.42 Å². The van der Waals surface area contributed by atoms with Crippen LogP contribution in [0, 0.1) is 0 Å². The number of methoxy groups -OCH3 is 1. The van der Waals surface area contributed by atoms with E-state index in [1.807, 2.05) is 19.1 Å². The third-order valence-corrected chi connectivity index (χ3v) is 3.29. The predicted octanol–water partition coefficient (Wildman–Crippen LogP) is 5.05. The van der Waals surface area contributed by atoms with Crippen LogP contribution < -0.4 is 0 Å². The second-order valence-corrected chi connectivity index (χ2v) is 5.38. The van der Waals surface area contributed by atoms with E-state index in [0.717, 1.165) is 38.5 Å². The third kappa shape index (κ3) is 16.5. The zero-order valence-corrected chi connectivity index (χ0v) is 15.1. The van der Waals surface area contributed by atoms with Crippen LogP contribution in [0.5, 0.6) is 0 Å². The molecule has 0 aliphatic carbocycles. The van der Waals surface area contributed by atoms with Gasteiger partial charge in [0.25, 0.3) is 0 Å². The van der Waals surface area contributed by atoms with Gasteiger partial charge in [-0.15, -0.1) is 0 Å². The average Bonchev–Trinajstić information content (AvgIpc) is 2.60. The summed E-state index contributed by atoms with van der Waals surface area (Å²) in [6.45, 7) is 1.95. The minimum absolute atomic E-state index is 0.139. The van der Waals surface area contributed by atoms with E-state index in [4.69, 9.17) is 0 Å². The first kappa shape index (κ1) is 22.1. The molecule has 0 aromatic rings. The number of ether oxygens (including phenoxy) is 1. The topological polar surface area (TPSA) is 46.5 Å². The quantitative estimate of drug-likeness (QED) is 0.222. The van der Waals surface area contributed by atoms with Gasteiger partial charge in [0.2, 0.25) is 0 Å². The van der Waals surface area contributed by atoms with E-state index in [1.54, 1.807) is 6.08 Å². The van der Waals surface area contributed by atoms with Gasteiger partial charge < -0.3 is 9.84 Å². The molecule has 0 spiro atoms. The van der Waals surface area contributed by atoms with Crippen molar-refractivity contribution in [3.05, 3.63) is 60.8 Å². The summed E-state index contributed by atoms with van der Waals surface area (Å²) in [6.07, 6.45) is 25.9. The molecule has 134 valence electrons. The largest absolute Gasteiger partial charge is 0.469 e. The molecule has 3 nitrogen and oxygen atoms in total. The molecule has 1 atom stereocenters. The molecule has 0 saturated carbocycles. The Morgan fingerprint density at radius 2 is 1.54 bits per heavy atom. The summed E-state index contributed by atoms with van der Waals surface area (Å²) < 4.78 is 4.59. The van der Waals surface area contributed by atoms with Crippen LogP contribution in [-0.2, 0) is 9.53 Å². The molecule has 0 aromatic heterocycles. The van der Waals surface area contributed by atoms with Gasteiger partial charge >= 0.3 is 5.97 Å². The SMILES string of the molecule is CC[C@@H](O)/C=C/C=C\C/C=C\C/C=C\C/C=C\CCCC(=O)OC. The number of hydrogen-bond donors (Lipinski definition) is 1. The summed E-state index contributed by atoms with van der Waals surface area (Å²) in [4.78, 5) is 10.9. The number of hydrogen-bond acceptors (Lipinski definition) is 3. The van der Waals surface area contributed by atoms with Crippen molar-refractivity contribution in [2.24, 2.45) is 0 Å². The molecule has 0 aliphatic heterocycles. The lowest BCUT2D eigenvalue weighted by Gasteiger charge is -1.96. The van der Waals surface area contributed by atoms with E-state index in [9.17, 15) is 9.90 Å². The number of aliphatic hydroxyl groups excluding tert-OH is 1. The molecular weight excluding hydrogens is 300 g/mol. The van der Waals surface area contributed by atoms with E-state index in [1.165, 1.54) is 7.11 Å². The Balaban J connectivity index is 3.56. The predicted molar refractivity (Wildman–Crippen MR) is 102 cm³/mol. The molecule has 0 heterocycles. The highest BCUT2D eigenvalue weighted by Crippen LogP contribution is 2.00. The number of esters is 1. The summed E-state index contributed by atoms with van der Waals surface area (Å²) in [5, 5.41) is 9.33. The molecule has 0 saturated heterocycles. The zero-order valence-electron chi connectivity index (χ0n) is 15.1. The number of aliphatic hydroxyl groups is 1. The lowest BCUT2D eigenvalue weighted by atomic mass is 10.2. The van der Waals surface area contributed by atoms with Crippen LogP contribution >= 0.6 is 0 Å². The monoisotopic (exact) mass is 332 g/mol. The fraction of sp³-hybridized carbons (Fsp3) is 0.476. The van der Waals surface area contributed by atoms with Gasteiger partial charge in [-0.25, -0.2) is 0 Å². The number of allylic oxidation sites excluding steroid dienone is 9. The number of unbranched alkanes of at least 4 members (excludes halogenated alkanes) is 1. The Labute approximate surface area is 147 Å². The number of carbonyl (C=O) groups is 1. The second kappa shape index (κ2) is 17.5. The van der Waals surface area contributed by atoms with Gasteiger partial charge in [-0.3, -0.25) is 4.79 Å². The maximum Gasteiger partial charge on any atom is 0.305 e. The van der Waals surface area contributed by atoms with Crippen molar-refractivity contribution < 1.29 is 14.6 Å². The van der Waals surface area contributed by atoms with Gasteiger partial charge in [0.1, 0.15) is 0 Å². The highest BCUT2D eigenvalue weighted by Gasteiger charge is 1.96. The summed E-state index contributed by atoms with van der Waals surface area (Å²) in [5.74, 6) is -0.139. The number of carbonyl (C=O) groups excluding carboxylic acids is 1. The highest BCUT2D eigenvalue weighted by molar-refractivity contribution is 5.69. The maximum atomic E-state index is 10.9. The fourth-order valence-corrected chi connectivity index (χ4v) is 1.79. The van der Waals surface area contributed by atoms with E-state index in [-0.39, 0.29) is 12.1 Å².